The molecule has 2 heterocycles. The quantitative estimate of drug-likeness (QED) is 0.498. The van der Waals surface area contributed by atoms with Crippen molar-refractivity contribution in [2.75, 3.05) is 26.8 Å². The second kappa shape index (κ2) is 10.4. The number of nitrogens with two attached hydrogens (primary N) is 1. The van der Waals surface area contributed by atoms with Gasteiger partial charge in [-0.3, -0.25) is 9.98 Å². The Morgan fingerprint density at radius 2 is 1.58 bits per heavy atom. The molecule has 0 radical (unpaired) electrons. The first-order valence-corrected chi connectivity index (χ1v) is 13.8. The Kier molecular flexibility index (Phi) is 8.93. The predicted octanol–water partition coefficient (Wildman–Crippen LogP) is 5.56. The number of nitrogens with zero attached hydrogens (tertiary/aromatic N) is 5. The highest BCUT2D eigenvalue weighted by Gasteiger charge is 2.64. The average molecular weight is 517 g/mol. The maximum atomic E-state index is 7.37. The summed E-state index contributed by atoms with van der Waals surface area (Å²) in [7, 11) is 5.49. The van der Waals surface area contributed by atoms with E-state index in [0.717, 1.165) is 37.3 Å². The largest absolute Gasteiger partial charge is 0.346 e. The van der Waals surface area contributed by atoms with Crippen molar-refractivity contribution in [3.63, 3.8) is 0 Å². The van der Waals surface area contributed by atoms with Gasteiger partial charge in [0.2, 0.25) is 0 Å². The van der Waals surface area contributed by atoms with E-state index in [1.807, 2.05) is 12.2 Å². The summed E-state index contributed by atoms with van der Waals surface area (Å²) in [6.45, 7) is 30.0. The molecule has 0 aliphatic carbocycles. The van der Waals surface area contributed by atoms with Gasteiger partial charge < -0.3 is 15.5 Å². The first-order valence-electron chi connectivity index (χ1n) is 13.2. The molecule has 0 aromatic rings. The molecule has 0 aromatic carbocycles. The van der Waals surface area contributed by atoms with Crippen molar-refractivity contribution < 1.29 is 0 Å². The summed E-state index contributed by atoms with van der Waals surface area (Å²) < 4.78 is 0. The molecule has 1 saturated heterocycles. The normalized spacial score (nSPS) is 27.6. The molecule has 2 atom stereocenters. The van der Waals surface area contributed by atoms with E-state index in [-0.39, 0.29) is 27.1 Å². The minimum absolute atomic E-state index is 0.119. The first kappa shape index (κ1) is 30.9. The van der Waals surface area contributed by atoms with Gasteiger partial charge in [-0.2, -0.15) is 0 Å². The van der Waals surface area contributed by atoms with Crippen LogP contribution in [0.4, 0.5) is 0 Å². The lowest BCUT2D eigenvalue weighted by Crippen LogP contribution is -2.75. The highest BCUT2D eigenvalue weighted by molar-refractivity contribution is 7.19. The van der Waals surface area contributed by atoms with Gasteiger partial charge in [0.05, 0.1) is 0 Å². The van der Waals surface area contributed by atoms with Gasteiger partial charge >= 0.3 is 0 Å². The molecule has 2 unspecified atom stereocenters. The van der Waals surface area contributed by atoms with E-state index in [1.165, 1.54) is 0 Å². The van der Waals surface area contributed by atoms with Crippen LogP contribution in [0.15, 0.2) is 39.3 Å². The minimum atomic E-state index is -0.435. The number of allylic oxidation sites excluding steroid dienone is 1. The van der Waals surface area contributed by atoms with Crippen LogP contribution >= 0.6 is 9.24 Å². The fourth-order valence-electron chi connectivity index (χ4n) is 8.06. The van der Waals surface area contributed by atoms with E-state index in [0.29, 0.717) is 6.67 Å². The Morgan fingerprint density at radius 3 is 2.08 bits per heavy atom. The Labute approximate surface area is 223 Å². The van der Waals surface area contributed by atoms with Gasteiger partial charge in [0.1, 0.15) is 18.8 Å². The van der Waals surface area contributed by atoms with Crippen molar-refractivity contribution >= 4 is 27.6 Å². The molecule has 2 N–H and O–H groups in total. The van der Waals surface area contributed by atoms with Crippen molar-refractivity contribution in [1.29, 1.82) is 0 Å². The molecule has 204 valence electrons. The molecule has 0 spiro atoms. The molecular formula is C29H53N6P. The summed E-state index contributed by atoms with van der Waals surface area (Å²) in [5.41, 5.74) is 7.08. The number of likely N-dealkylation sites (N-methyl/N-ethyl adjacent to an activating group) is 1. The van der Waals surface area contributed by atoms with Crippen molar-refractivity contribution in [2.45, 2.75) is 104 Å². The van der Waals surface area contributed by atoms with Crippen LogP contribution in [0.5, 0.6) is 0 Å². The molecule has 36 heavy (non-hydrogen) atoms. The summed E-state index contributed by atoms with van der Waals surface area (Å²) in [5, 5.41) is -0.246. The maximum Gasteiger partial charge on any atom is 0.137 e. The van der Waals surface area contributed by atoms with Gasteiger partial charge in [-0.25, -0.2) is 4.99 Å². The Balaban J connectivity index is 2.75. The highest BCUT2D eigenvalue weighted by atomic mass is 31.0. The van der Waals surface area contributed by atoms with Crippen molar-refractivity contribution in [2.24, 2.45) is 31.5 Å². The lowest BCUT2D eigenvalue weighted by molar-refractivity contribution is -0.0699. The molecule has 6 nitrogen and oxygen atoms in total. The van der Waals surface area contributed by atoms with E-state index >= 15 is 0 Å². The van der Waals surface area contributed by atoms with Crippen LogP contribution in [0.2, 0.25) is 0 Å². The van der Waals surface area contributed by atoms with Crippen LogP contribution in [-0.2, 0) is 0 Å². The van der Waals surface area contributed by atoms with E-state index in [9.17, 15) is 0 Å². The summed E-state index contributed by atoms with van der Waals surface area (Å²) >= 11 is 0. The smallest absolute Gasteiger partial charge is 0.137 e. The monoisotopic (exact) mass is 516 g/mol. The zero-order valence-electron chi connectivity index (χ0n) is 24.9. The van der Waals surface area contributed by atoms with Crippen LogP contribution in [0.1, 0.15) is 82.1 Å². The highest BCUT2D eigenvalue weighted by Crippen LogP contribution is 2.63. The van der Waals surface area contributed by atoms with E-state index in [2.05, 4.69) is 112 Å². The number of aliphatic imine (C=N–C) groups is 3. The number of hydrogen-bond donors (Lipinski definition) is 1. The molecule has 1 fully saturated rings. The van der Waals surface area contributed by atoms with Crippen LogP contribution in [0.25, 0.3) is 0 Å². The fourth-order valence-corrected chi connectivity index (χ4v) is 8.35. The lowest BCUT2D eigenvalue weighted by atomic mass is 9.50. The summed E-state index contributed by atoms with van der Waals surface area (Å²) in [6, 6.07) is 0. The second-order valence-corrected chi connectivity index (χ2v) is 14.6. The molecule has 0 aromatic heterocycles. The molecule has 0 saturated carbocycles. The van der Waals surface area contributed by atoms with Gasteiger partial charge in [-0.05, 0) is 78.0 Å². The Hall–Kier alpha value is -1.36. The third kappa shape index (κ3) is 5.71. The van der Waals surface area contributed by atoms with Crippen LogP contribution in [0.3, 0.4) is 0 Å². The summed E-state index contributed by atoms with van der Waals surface area (Å²) in [5.74, 6) is 0.865. The Bertz CT molecular complexity index is 905. The second-order valence-electron chi connectivity index (χ2n) is 13.7. The van der Waals surface area contributed by atoms with E-state index in [1.54, 1.807) is 12.6 Å². The van der Waals surface area contributed by atoms with Crippen LogP contribution in [0, 0.1) is 10.8 Å². The maximum absolute atomic E-state index is 7.37. The third-order valence-corrected chi connectivity index (χ3v) is 10.8. The Morgan fingerprint density at radius 1 is 1.06 bits per heavy atom. The van der Waals surface area contributed by atoms with Gasteiger partial charge in [0, 0.05) is 40.1 Å². The number of amidine groups is 1. The lowest BCUT2D eigenvalue weighted by Gasteiger charge is -2.68. The third-order valence-electron chi connectivity index (χ3n) is 8.55. The summed E-state index contributed by atoms with van der Waals surface area (Å²) in [6.07, 6.45) is 9.19. The van der Waals surface area contributed by atoms with E-state index in [4.69, 9.17) is 10.7 Å². The number of rotatable bonds is 4. The molecule has 2 rings (SSSR count). The van der Waals surface area contributed by atoms with Gasteiger partial charge in [-0.15, -0.1) is 9.24 Å². The number of likely N-dealkylation sites (tertiary alicyclic amines) is 1. The standard InChI is InChI=1S/C29H53N6P/c1-13-34(12)19-28(11,30)29(36)24(3,4)17-26(7,8)35(27(9,10)18-25(29,5)6)23-22(2)15-14-16-31-20-32-21-33-23/h14-16,21H,2,13,17-20,30,36H2,1,3-12H3/b15-14-,31-16?,32-21?,33-23?. The minimum Gasteiger partial charge on any atom is -0.346 e. The van der Waals surface area contributed by atoms with E-state index < -0.39 is 5.54 Å². The molecule has 0 bridgehead atoms. The van der Waals surface area contributed by atoms with Crippen molar-refractivity contribution in [3.05, 3.63) is 24.3 Å². The molecule has 2 aliphatic heterocycles. The first-order chi connectivity index (χ1) is 16.3. The predicted molar refractivity (Wildman–Crippen MR) is 163 cm³/mol. The van der Waals surface area contributed by atoms with Gasteiger partial charge in [0.15, 0.2) is 0 Å². The SMILES string of the molecule is C=C1/C=C\C=NCN=CN=C1N1C(C)(C)CC(C)(C)C(P)(C(C)(N)CN(C)CC)C(C)(C)CC1(C)C. The molecule has 0 amide bonds. The summed E-state index contributed by atoms with van der Waals surface area (Å²) in [4.78, 5) is 18.3. The van der Waals surface area contributed by atoms with Gasteiger partial charge in [0.25, 0.3) is 0 Å². The zero-order valence-corrected chi connectivity index (χ0v) is 26.1. The fraction of sp³-hybridized carbons (Fsp3) is 0.759. The topological polar surface area (TPSA) is 69.6 Å². The zero-order chi connectivity index (χ0) is 27.8. The van der Waals surface area contributed by atoms with Crippen LogP contribution in [-0.4, -0.2) is 76.8 Å². The average Bonchev–Trinajstić information content (AvgIpc) is 2.70. The molecule has 2 aliphatic rings. The van der Waals surface area contributed by atoms with Gasteiger partial charge in [-0.1, -0.05) is 47.3 Å². The number of hydrogen-bond acceptors (Lipinski definition) is 6. The van der Waals surface area contributed by atoms with Crippen molar-refractivity contribution in [3.8, 4) is 0 Å². The molecular weight excluding hydrogens is 463 g/mol. The molecule has 7 heteroatoms. The van der Waals surface area contributed by atoms with Crippen LogP contribution < -0.4 is 5.73 Å². The van der Waals surface area contributed by atoms with Crippen molar-refractivity contribution in [1.82, 2.24) is 9.80 Å².